The standard InChI is InChI=1S/C13H20NO3SSi.BrH/c1-15-19(16-2,17-3)10-6-9-14-11-18-13-8-5-4-7-12(13)14;/h4-5,7-8,11H,6,9-10H2,1-3H3;1H/q+1;/p-1. The highest BCUT2D eigenvalue weighted by Crippen LogP contribution is 2.17. The Morgan fingerprint density at radius 3 is 2.40 bits per heavy atom. The van der Waals surface area contributed by atoms with Crippen molar-refractivity contribution in [3.63, 3.8) is 0 Å². The Morgan fingerprint density at radius 2 is 1.75 bits per heavy atom. The van der Waals surface area contributed by atoms with Gasteiger partial charge in [0.1, 0.15) is 11.2 Å². The zero-order chi connectivity index (χ0) is 13.7. The molecule has 7 heteroatoms. The third-order valence-electron chi connectivity index (χ3n) is 3.30. The monoisotopic (exact) mass is 377 g/mol. The summed E-state index contributed by atoms with van der Waals surface area (Å²) in [7, 11) is 2.55. The highest BCUT2D eigenvalue weighted by molar-refractivity contribution is 7.16. The van der Waals surface area contributed by atoms with Crippen molar-refractivity contribution in [1.29, 1.82) is 0 Å². The van der Waals surface area contributed by atoms with Crippen LogP contribution in [0.3, 0.4) is 0 Å². The van der Waals surface area contributed by atoms with E-state index in [4.69, 9.17) is 13.3 Å². The maximum Gasteiger partial charge on any atom is 0.500 e. The van der Waals surface area contributed by atoms with Crippen molar-refractivity contribution in [2.45, 2.75) is 19.0 Å². The topological polar surface area (TPSA) is 31.6 Å². The maximum absolute atomic E-state index is 5.43. The number of rotatable bonds is 7. The number of para-hydroxylation sites is 1. The van der Waals surface area contributed by atoms with E-state index in [9.17, 15) is 0 Å². The van der Waals surface area contributed by atoms with Gasteiger partial charge in [-0.05, 0) is 6.07 Å². The average Bonchev–Trinajstić information content (AvgIpc) is 2.88. The largest absolute Gasteiger partial charge is 1.00 e. The molecule has 0 saturated carbocycles. The van der Waals surface area contributed by atoms with Crippen molar-refractivity contribution < 1.29 is 34.8 Å². The highest BCUT2D eigenvalue weighted by atomic mass is 79.9. The van der Waals surface area contributed by atoms with E-state index in [0.29, 0.717) is 0 Å². The van der Waals surface area contributed by atoms with Gasteiger partial charge in [-0.25, -0.2) is 0 Å². The predicted octanol–water partition coefficient (Wildman–Crippen LogP) is -0.539. The van der Waals surface area contributed by atoms with Gasteiger partial charge >= 0.3 is 8.80 Å². The second-order valence-corrected chi connectivity index (χ2v) is 8.26. The van der Waals surface area contributed by atoms with E-state index in [0.717, 1.165) is 19.0 Å². The summed E-state index contributed by atoms with van der Waals surface area (Å²) in [4.78, 5) is 0. The van der Waals surface area contributed by atoms with E-state index in [1.807, 2.05) is 0 Å². The summed E-state index contributed by atoms with van der Waals surface area (Å²) in [5, 5.41) is 0. The Balaban J connectivity index is 0.00000200. The third kappa shape index (κ3) is 3.87. The van der Waals surface area contributed by atoms with Crippen molar-refractivity contribution in [3.8, 4) is 0 Å². The number of hydrogen-bond donors (Lipinski definition) is 0. The lowest BCUT2D eigenvalue weighted by Gasteiger charge is -2.23. The Bertz CT molecular complexity index is 525. The van der Waals surface area contributed by atoms with Gasteiger partial charge in [0.25, 0.3) is 0 Å². The van der Waals surface area contributed by atoms with Crippen LogP contribution in [-0.4, -0.2) is 30.1 Å². The molecule has 0 saturated heterocycles. The van der Waals surface area contributed by atoms with E-state index in [2.05, 4.69) is 34.3 Å². The second-order valence-electron chi connectivity index (χ2n) is 4.28. The van der Waals surface area contributed by atoms with Gasteiger partial charge in [0, 0.05) is 39.9 Å². The van der Waals surface area contributed by atoms with E-state index in [1.165, 1.54) is 10.2 Å². The van der Waals surface area contributed by atoms with Gasteiger partial charge in [0.05, 0.1) is 0 Å². The summed E-state index contributed by atoms with van der Waals surface area (Å²) in [6.07, 6.45) is 0.979. The van der Waals surface area contributed by atoms with Crippen molar-refractivity contribution >= 4 is 30.4 Å². The minimum atomic E-state index is -2.43. The van der Waals surface area contributed by atoms with Crippen LogP contribution in [0, 0.1) is 0 Å². The molecule has 2 rings (SSSR count). The molecule has 0 unspecified atom stereocenters. The van der Waals surface area contributed by atoms with Gasteiger partial charge in [-0.3, -0.25) is 0 Å². The first-order valence-corrected chi connectivity index (χ1v) is 9.07. The van der Waals surface area contributed by atoms with Gasteiger partial charge in [0.15, 0.2) is 0 Å². The first kappa shape index (κ1) is 17.7. The van der Waals surface area contributed by atoms with Crippen LogP contribution in [0.2, 0.25) is 6.04 Å². The number of thiazole rings is 1. The fourth-order valence-corrected chi connectivity index (χ4v) is 4.79. The third-order valence-corrected chi connectivity index (χ3v) is 7.09. The minimum Gasteiger partial charge on any atom is -1.00 e. The fourth-order valence-electron chi connectivity index (χ4n) is 2.17. The molecule has 0 bridgehead atoms. The van der Waals surface area contributed by atoms with Crippen molar-refractivity contribution in [2.75, 3.05) is 21.3 Å². The van der Waals surface area contributed by atoms with Gasteiger partial charge < -0.3 is 30.3 Å². The number of aromatic nitrogens is 1. The quantitative estimate of drug-likeness (QED) is 0.479. The molecule has 0 aliphatic carbocycles. The molecule has 0 aliphatic rings. The van der Waals surface area contributed by atoms with Crippen molar-refractivity contribution in [1.82, 2.24) is 0 Å². The number of benzene rings is 1. The molecular formula is C13H20BrNO3SSi. The van der Waals surface area contributed by atoms with Crippen LogP contribution in [0.15, 0.2) is 29.8 Å². The second kappa shape index (κ2) is 8.21. The summed E-state index contributed by atoms with van der Waals surface area (Å²) in [5.41, 5.74) is 3.45. The van der Waals surface area contributed by atoms with E-state index < -0.39 is 8.80 Å². The SMILES string of the molecule is CO[Si](CCC[n+]1csc2ccccc21)(OC)OC.[Br-]. The summed E-state index contributed by atoms with van der Waals surface area (Å²) in [6.45, 7) is 0.953. The number of halogens is 1. The van der Waals surface area contributed by atoms with Gasteiger partial charge in [-0.2, -0.15) is 4.57 Å². The van der Waals surface area contributed by atoms with Crippen LogP contribution < -0.4 is 21.5 Å². The molecule has 2 aromatic rings. The van der Waals surface area contributed by atoms with Crippen LogP contribution in [0.4, 0.5) is 0 Å². The number of nitrogens with zero attached hydrogens (tertiary/aromatic N) is 1. The predicted molar refractivity (Wildman–Crippen MR) is 78.2 cm³/mol. The number of aryl methyl sites for hydroxylation is 1. The van der Waals surface area contributed by atoms with E-state index in [-0.39, 0.29) is 17.0 Å². The Morgan fingerprint density at radius 1 is 1.10 bits per heavy atom. The molecule has 0 atom stereocenters. The summed E-state index contributed by atoms with van der Waals surface area (Å²) >= 11 is 1.77. The smallest absolute Gasteiger partial charge is 0.500 e. The van der Waals surface area contributed by atoms with Crippen LogP contribution in [0.1, 0.15) is 6.42 Å². The molecule has 0 spiro atoms. The molecule has 0 aliphatic heterocycles. The molecular weight excluding hydrogens is 358 g/mol. The van der Waals surface area contributed by atoms with Gasteiger partial charge in [-0.15, -0.1) is 0 Å². The normalized spacial score (nSPS) is 11.6. The van der Waals surface area contributed by atoms with Crippen LogP contribution in [0.25, 0.3) is 10.2 Å². The van der Waals surface area contributed by atoms with Crippen molar-refractivity contribution in [2.24, 2.45) is 0 Å². The molecule has 0 N–H and O–H groups in total. The Kier molecular flexibility index (Phi) is 7.28. The summed E-state index contributed by atoms with van der Waals surface area (Å²) in [6, 6.07) is 9.27. The number of hydrogen-bond acceptors (Lipinski definition) is 4. The Labute approximate surface area is 135 Å². The fraction of sp³-hybridized carbons (Fsp3) is 0.462. The molecule has 0 fully saturated rings. The zero-order valence-electron chi connectivity index (χ0n) is 12.0. The van der Waals surface area contributed by atoms with Crippen molar-refractivity contribution in [3.05, 3.63) is 29.8 Å². The first-order valence-electron chi connectivity index (χ1n) is 6.26. The minimum absolute atomic E-state index is 0. The zero-order valence-corrected chi connectivity index (χ0v) is 15.4. The van der Waals surface area contributed by atoms with Gasteiger partial charge in [-0.1, -0.05) is 23.5 Å². The summed E-state index contributed by atoms with van der Waals surface area (Å²) in [5.74, 6) is 0. The van der Waals surface area contributed by atoms with E-state index >= 15 is 0 Å². The first-order chi connectivity index (χ1) is 9.24. The molecule has 0 radical (unpaired) electrons. The average molecular weight is 378 g/mol. The Hall–Kier alpha value is -0.313. The lowest BCUT2D eigenvalue weighted by atomic mass is 10.3. The maximum atomic E-state index is 5.43. The number of fused-ring (bicyclic) bond motifs is 1. The molecule has 1 heterocycles. The van der Waals surface area contributed by atoms with E-state index in [1.54, 1.807) is 32.7 Å². The van der Waals surface area contributed by atoms with Crippen LogP contribution in [-0.2, 0) is 19.8 Å². The lowest BCUT2D eigenvalue weighted by molar-refractivity contribution is -0.667. The van der Waals surface area contributed by atoms with Gasteiger partial charge in [0.2, 0.25) is 11.0 Å². The van der Waals surface area contributed by atoms with Crippen LogP contribution in [0.5, 0.6) is 0 Å². The lowest BCUT2D eigenvalue weighted by Crippen LogP contribution is -3.00. The molecule has 112 valence electrons. The molecule has 0 amide bonds. The van der Waals surface area contributed by atoms with Crippen LogP contribution >= 0.6 is 11.3 Å². The summed E-state index contributed by atoms with van der Waals surface area (Å²) < 4.78 is 19.9. The molecule has 20 heavy (non-hydrogen) atoms. The highest BCUT2D eigenvalue weighted by Gasteiger charge is 2.37. The molecule has 4 nitrogen and oxygen atoms in total. The molecule has 1 aromatic heterocycles. The molecule has 1 aromatic carbocycles.